The molecule has 2 rings (SSSR count). The third kappa shape index (κ3) is 4.91. The Morgan fingerprint density at radius 1 is 1.30 bits per heavy atom. The molecule has 0 unspecified atom stereocenters. The highest BCUT2D eigenvalue weighted by molar-refractivity contribution is 7.99. The van der Waals surface area contributed by atoms with Crippen molar-refractivity contribution in [1.82, 2.24) is 4.98 Å². The number of nitrogens with two attached hydrogens (primary N) is 1. The van der Waals surface area contributed by atoms with E-state index in [0.29, 0.717) is 12.3 Å². The molecule has 23 heavy (non-hydrogen) atoms. The first-order valence-electron chi connectivity index (χ1n) is 6.47. The molecule has 0 saturated heterocycles. The molecular weight excluding hydrogens is 340 g/mol. The topological polar surface area (TPSA) is 128 Å². The molecule has 122 valence electrons. The van der Waals surface area contributed by atoms with Crippen LogP contribution in [0.2, 0.25) is 0 Å². The van der Waals surface area contributed by atoms with E-state index < -0.39 is 14.9 Å². The molecule has 3 N–H and O–H groups in total. The molecule has 1 heterocycles. The maximum atomic E-state index is 11.3. The van der Waals surface area contributed by atoms with Crippen LogP contribution in [0.15, 0.2) is 52.5 Å². The third-order valence-electron chi connectivity index (χ3n) is 2.80. The summed E-state index contributed by atoms with van der Waals surface area (Å²) in [4.78, 5) is 14.3. The van der Waals surface area contributed by atoms with Crippen LogP contribution >= 0.6 is 11.8 Å². The van der Waals surface area contributed by atoms with Crippen molar-refractivity contribution in [2.75, 3.05) is 17.6 Å². The summed E-state index contributed by atoms with van der Waals surface area (Å²) in [5.41, 5.74) is -0.0941. The van der Waals surface area contributed by atoms with Gasteiger partial charge < -0.3 is 5.32 Å². The Balaban J connectivity index is 2.03. The van der Waals surface area contributed by atoms with E-state index >= 15 is 0 Å². The summed E-state index contributed by atoms with van der Waals surface area (Å²) in [6, 6.07) is 9.08. The average Bonchev–Trinajstić information content (AvgIpc) is 2.51. The zero-order valence-electron chi connectivity index (χ0n) is 11.9. The van der Waals surface area contributed by atoms with Gasteiger partial charge in [0.25, 0.3) is 5.69 Å². The number of hydrogen-bond donors (Lipinski definition) is 2. The van der Waals surface area contributed by atoms with Gasteiger partial charge >= 0.3 is 0 Å². The number of benzene rings is 1. The number of nitro benzene ring substituents is 1. The van der Waals surface area contributed by atoms with Gasteiger partial charge in [-0.1, -0.05) is 6.07 Å². The first kappa shape index (κ1) is 17.2. The van der Waals surface area contributed by atoms with Crippen LogP contribution < -0.4 is 10.5 Å². The van der Waals surface area contributed by atoms with Crippen LogP contribution in [0.5, 0.6) is 0 Å². The van der Waals surface area contributed by atoms with E-state index in [1.165, 1.54) is 23.9 Å². The van der Waals surface area contributed by atoms with Crippen LogP contribution in [0.1, 0.15) is 0 Å². The zero-order valence-corrected chi connectivity index (χ0v) is 13.5. The number of sulfonamides is 1. The van der Waals surface area contributed by atoms with Gasteiger partial charge in [-0.15, -0.1) is 11.8 Å². The minimum absolute atomic E-state index is 0.240. The molecule has 0 saturated carbocycles. The second kappa shape index (κ2) is 7.40. The van der Waals surface area contributed by atoms with Gasteiger partial charge in [0, 0.05) is 24.6 Å². The lowest BCUT2D eigenvalue weighted by atomic mass is 10.2. The Hall–Kier alpha value is -2.17. The van der Waals surface area contributed by atoms with E-state index in [9.17, 15) is 18.5 Å². The molecule has 0 aliphatic rings. The van der Waals surface area contributed by atoms with Gasteiger partial charge in [-0.25, -0.2) is 18.5 Å². The Labute approximate surface area is 137 Å². The molecule has 10 heteroatoms. The van der Waals surface area contributed by atoms with Crippen molar-refractivity contribution in [2.24, 2.45) is 5.14 Å². The van der Waals surface area contributed by atoms with Gasteiger partial charge in [0.05, 0.1) is 14.8 Å². The maximum absolute atomic E-state index is 11.3. The van der Waals surface area contributed by atoms with E-state index in [1.54, 1.807) is 6.20 Å². The largest absolute Gasteiger partial charge is 0.379 e. The molecule has 0 aliphatic heterocycles. The summed E-state index contributed by atoms with van der Waals surface area (Å²) in [5, 5.41) is 19.8. The molecule has 1 aromatic carbocycles. The van der Waals surface area contributed by atoms with Crippen molar-refractivity contribution in [3.8, 4) is 0 Å². The highest BCUT2D eigenvalue weighted by atomic mass is 32.2. The first-order chi connectivity index (χ1) is 10.9. The molecule has 0 atom stereocenters. The van der Waals surface area contributed by atoms with Gasteiger partial charge in [0.1, 0.15) is 5.69 Å². The zero-order chi connectivity index (χ0) is 16.9. The van der Waals surface area contributed by atoms with Gasteiger partial charge in [-0.2, -0.15) is 0 Å². The molecule has 1 aromatic heterocycles. The van der Waals surface area contributed by atoms with Crippen molar-refractivity contribution < 1.29 is 13.3 Å². The summed E-state index contributed by atoms with van der Waals surface area (Å²) in [7, 11) is -3.98. The van der Waals surface area contributed by atoms with Gasteiger partial charge in [-0.3, -0.25) is 10.1 Å². The van der Waals surface area contributed by atoms with Crippen molar-refractivity contribution in [3.63, 3.8) is 0 Å². The van der Waals surface area contributed by atoms with Crippen molar-refractivity contribution >= 4 is 33.2 Å². The fraction of sp³-hybridized carbons (Fsp3) is 0.154. The van der Waals surface area contributed by atoms with Crippen molar-refractivity contribution in [3.05, 3.63) is 52.7 Å². The SMILES string of the molecule is NS(=O)(=O)c1ccc(NCCSc2ccccn2)c([N+](=O)[O-])c1. The lowest BCUT2D eigenvalue weighted by Crippen LogP contribution is -2.13. The lowest BCUT2D eigenvalue weighted by Gasteiger charge is -2.08. The average molecular weight is 354 g/mol. The number of aromatic nitrogens is 1. The molecule has 0 amide bonds. The quantitative estimate of drug-likeness (QED) is 0.336. The van der Waals surface area contributed by atoms with Crippen molar-refractivity contribution in [2.45, 2.75) is 9.92 Å². The van der Waals surface area contributed by atoms with Crippen LogP contribution in [0.4, 0.5) is 11.4 Å². The van der Waals surface area contributed by atoms with E-state index in [1.807, 2.05) is 18.2 Å². The van der Waals surface area contributed by atoms with E-state index in [2.05, 4.69) is 10.3 Å². The van der Waals surface area contributed by atoms with E-state index in [-0.39, 0.29) is 16.3 Å². The fourth-order valence-corrected chi connectivity index (χ4v) is 3.02. The summed E-state index contributed by atoms with van der Waals surface area (Å²) in [6.45, 7) is 0.455. The Kier molecular flexibility index (Phi) is 5.53. The van der Waals surface area contributed by atoms with Crippen LogP contribution in [0.25, 0.3) is 0 Å². The van der Waals surface area contributed by atoms with Crippen LogP contribution in [-0.2, 0) is 10.0 Å². The van der Waals surface area contributed by atoms with Crippen molar-refractivity contribution in [1.29, 1.82) is 0 Å². The predicted molar refractivity (Wildman–Crippen MR) is 87.9 cm³/mol. The monoisotopic (exact) mass is 354 g/mol. The van der Waals surface area contributed by atoms with Crippen LogP contribution in [0, 0.1) is 10.1 Å². The Morgan fingerprint density at radius 3 is 2.70 bits per heavy atom. The molecule has 0 fully saturated rings. The number of nitro groups is 1. The molecule has 0 bridgehead atoms. The maximum Gasteiger partial charge on any atom is 0.293 e. The second-order valence-corrected chi connectivity index (χ2v) is 7.10. The van der Waals surface area contributed by atoms with Gasteiger partial charge in [-0.05, 0) is 24.3 Å². The molecule has 0 spiro atoms. The standard InChI is InChI=1S/C13H14N4O4S2/c14-23(20,21)10-4-5-11(12(9-10)17(18)19)15-7-8-22-13-3-1-2-6-16-13/h1-6,9,15H,7-8H2,(H2,14,20,21). The van der Waals surface area contributed by atoms with E-state index in [4.69, 9.17) is 5.14 Å². The highest BCUT2D eigenvalue weighted by Crippen LogP contribution is 2.27. The number of hydrogen-bond acceptors (Lipinski definition) is 7. The fourth-order valence-electron chi connectivity index (χ4n) is 1.76. The molecule has 8 nitrogen and oxygen atoms in total. The predicted octanol–water partition coefficient (Wildman–Crippen LogP) is 1.84. The Bertz CT molecular complexity index is 797. The minimum atomic E-state index is -3.98. The number of nitrogens with one attached hydrogen (secondary N) is 1. The number of anilines is 1. The number of primary sulfonamides is 1. The summed E-state index contributed by atoms with van der Waals surface area (Å²) >= 11 is 1.50. The summed E-state index contributed by atoms with van der Waals surface area (Å²) < 4.78 is 22.5. The number of rotatable bonds is 7. The molecule has 0 radical (unpaired) electrons. The number of nitrogens with zero attached hydrogens (tertiary/aromatic N) is 2. The van der Waals surface area contributed by atoms with Crippen LogP contribution in [0.3, 0.4) is 0 Å². The second-order valence-electron chi connectivity index (χ2n) is 4.42. The normalized spacial score (nSPS) is 11.2. The first-order valence-corrected chi connectivity index (χ1v) is 9.00. The number of pyridine rings is 1. The molecule has 2 aromatic rings. The smallest absolute Gasteiger partial charge is 0.293 e. The Morgan fingerprint density at radius 2 is 2.09 bits per heavy atom. The minimum Gasteiger partial charge on any atom is -0.379 e. The summed E-state index contributed by atoms with van der Waals surface area (Å²) in [6.07, 6.45) is 1.69. The summed E-state index contributed by atoms with van der Waals surface area (Å²) in [5.74, 6) is 0.644. The molecule has 0 aliphatic carbocycles. The molecular formula is C13H14N4O4S2. The number of thioether (sulfide) groups is 1. The third-order valence-corrected chi connectivity index (χ3v) is 4.66. The van der Waals surface area contributed by atoms with E-state index in [0.717, 1.165) is 11.1 Å². The van der Waals surface area contributed by atoms with Gasteiger partial charge in [0.2, 0.25) is 10.0 Å². The van der Waals surface area contributed by atoms with Crippen LogP contribution in [-0.4, -0.2) is 30.6 Å². The van der Waals surface area contributed by atoms with Gasteiger partial charge in [0.15, 0.2) is 0 Å². The lowest BCUT2D eigenvalue weighted by molar-refractivity contribution is -0.384. The highest BCUT2D eigenvalue weighted by Gasteiger charge is 2.18.